The highest BCUT2D eigenvalue weighted by Gasteiger charge is 2.30. The fourth-order valence-corrected chi connectivity index (χ4v) is 6.56. The van der Waals surface area contributed by atoms with E-state index in [2.05, 4.69) is 32.0 Å². The highest BCUT2D eigenvalue weighted by Crippen LogP contribution is 2.31. The molecule has 6 rings (SSSR count). The number of carbonyl (C=O) groups is 3. The fraction of sp³-hybridized carbons (Fsp3) is 0.389. The van der Waals surface area contributed by atoms with Gasteiger partial charge in [0.1, 0.15) is 5.78 Å². The second kappa shape index (κ2) is 15.2. The predicted molar refractivity (Wildman–Crippen MR) is 178 cm³/mol. The first-order valence-electron chi connectivity index (χ1n) is 16.4. The van der Waals surface area contributed by atoms with Crippen molar-refractivity contribution in [3.63, 3.8) is 0 Å². The lowest BCUT2D eigenvalue weighted by atomic mass is 9.77. The molecule has 4 N–H and O–H groups in total. The zero-order valence-electron chi connectivity index (χ0n) is 26.4. The lowest BCUT2D eigenvalue weighted by Crippen LogP contribution is -2.40. The Hall–Kier alpha value is -4.74. The summed E-state index contributed by atoms with van der Waals surface area (Å²) in [5.74, 6) is 0.262. The van der Waals surface area contributed by atoms with Crippen LogP contribution in [0.1, 0.15) is 48.0 Å². The molecule has 1 aliphatic carbocycles. The Balaban J connectivity index is 1.19. The van der Waals surface area contributed by atoms with Gasteiger partial charge in [-0.25, -0.2) is 0 Å². The second-order valence-electron chi connectivity index (χ2n) is 12.5. The fourth-order valence-electron chi connectivity index (χ4n) is 6.56. The Morgan fingerprint density at radius 3 is 2.34 bits per heavy atom. The van der Waals surface area contributed by atoms with Gasteiger partial charge >= 0.3 is 0 Å². The van der Waals surface area contributed by atoms with Crippen molar-refractivity contribution in [1.29, 1.82) is 0 Å². The molecule has 1 atom stereocenters. The normalized spacial score (nSPS) is 18.8. The number of aromatic nitrogens is 4. The monoisotopic (exact) mass is 635 g/mol. The van der Waals surface area contributed by atoms with Gasteiger partial charge in [-0.1, -0.05) is 36.4 Å². The number of nitrogens with two attached hydrogens (primary N) is 1. The predicted octanol–water partition coefficient (Wildman–Crippen LogP) is 4.53. The number of hydrogen-bond acceptors (Lipinski definition) is 8. The van der Waals surface area contributed by atoms with E-state index in [1.54, 1.807) is 12.1 Å². The van der Waals surface area contributed by atoms with E-state index < -0.39 is 5.92 Å². The van der Waals surface area contributed by atoms with E-state index in [1.807, 2.05) is 59.5 Å². The maximum Gasteiger partial charge on any atom is 0.254 e. The molecule has 1 aromatic heterocycles. The van der Waals surface area contributed by atoms with Gasteiger partial charge < -0.3 is 20.7 Å². The highest BCUT2D eigenvalue weighted by atomic mass is 16.5. The number of nitrogens with one attached hydrogen (secondary N) is 2. The van der Waals surface area contributed by atoms with E-state index in [4.69, 9.17) is 10.5 Å². The third-order valence-electron chi connectivity index (χ3n) is 9.36. The van der Waals surface area contributed by atoms with Crippen molar-refractivity contribution in [1.82, 2.24) is 25.5 Å². The number of rotatable bonds is 11. The number of H-pyrrole nitrogens is 1. The average molecular weight is 636 g/mol. The summed E-state index contributed by atoms with van der Waals surface area (Å²) in [7, 11) is 0. The van der Waals surface area contributed by atoms with Crippen LogP contribution in [0.3, 0.4) is 0 Å². The maximum absolute atomic E-state index is 13.8. The van der Waals surface area contributed by atoms with Gasteiger partial charge in [-0.05, 0) is 103 Å². The van der Waals surface area contributed by atoms with Crippen molar-refractivity contribution < 1.29 is 19.1 Å². The van der Waals surface area contributed by atoms with Crippen LogP contribution in [0.25, 0.3) is 22.5 Å². The van der Waals surface area contributed by atoms with Crippen LogP contribution in [0, 0.1) is 17.8 Å². The minimum absolute atomic E-state index is 0.00706. The van der Waals surface area contributed by atoms with Gasteiger partial charge in [0.2, 0.25) is 11.7 Å². The number of anilines is 1. The van der Waals surface area contributed by atoms with Crippen LogP contribution in [0.2, 0.25) is 0 Å². The summed E-state index contributed by atoms with van der Waals surface area (Å²) in [5.41, 5.74) is 10.7. The van der Waals surface area contributed by atoms with E-state index in [0.29, 0.717) is 62.3 Å². The third-order valence-corrected chi connectivity index (χ3v) is 9.36. The number of hydrogen-bond donors (Lipinski definition) is 3. The molecule has 4 aromatic rings. The summed E-state index contributed by atoms with van der Waals surface area (Å²) in [6.07, 6.45) is 4.11. The topological polar surface area (TPSA) is 156 Å². The Morgan fingerprint density at radius 1 is 0.915 bits per heavy atom. The number of nitrogens with zero attached hydrogens (tertiary/aromatic N) is 4. The minimum Gasteiger partial charge on any atom is -0.378 e. The summed E-state index contributed by atoms with van der Waals surface area (Å²) >= 11 is 0. The van der Waals surface area contributed by atoms with Gasteiger partial charge in [0, 0.05) is 48.2 Å². The largest absolute Gasteiger partial charge is 0.378 e. The van der Waals surface area contributed by atoms with Crippen molar-refractivity contribution in [3.8, 4) is 22.5 Å². The van der Waals surface area contributed by atoms with Gasteiger partial charge in [0.15, 0.2) is 0 Å². The number of ketones is 1. The van der Waals surface area contributed by atoms with Gasteiger partial charge in [-0.2, -0.15) is 5.21 Å². The highest BCUT2D eigenvalue weighted by molar-refractivity contribution is 5.97. The van der Waals surface area contributed by atoms with Gasteiger partial charge in [-0.15, -0.1) is 10.2 Å². The molecule has 0 radical (unpaired) electrons. The number of carbonyl (C=O) groups excluding carboxylic acids is 3. The molecular formula is C36H41N7O4. The zero-order valence-corrected chi connectivity index (χ0v) is 26.4. The molecule has 11 nitrogen and oxygen atoms in total. The molecule has 0 spiro atoms. The molecule has 2 fully saturated rings. The van der Waals surface area contributed by atoms with Crippen LogP contribution in [0.5, 0.6) is 0 Å². The average Bonchev–Trinajstić information content (AvgIpc) is 3.67. The zero-order chi connectivity index (χ0) is 32.6. The number of benzene rings is 3. The summed E-state index contributed by atoms with van der Waals surface area (Å²) in [4.78, 5) is 42.3. The van der Waals surface area contributed by atoms with Crippen LogP contribution in [-0.4, -0.2) is 76.0 Å². The van der Waals surface area contributed by atoms with Gasteiger partial charge in [0.25, 0.3) is 5.91 Å². The van der Waals surface area contributed by atoms with Crippen molar-refractivity contribution in [2.45, 2.75) is 38.5 Å². The van der Waals surface area contributed by atoms with Crippen LogP contribution in [0.4, 0.5) is 5.69 Å². The Kier molecular flexibility index (Phi) is 10.4. The minimum atomic E-state index is -0.559. The smallest absolute Gasteiger partial charge is 0.254 e. The summed E-state index contributed by atoms with van der Waals surface area (Å²) in [5, 5.41) is 17.1. The van der Waals surface area contributed by atoms with Crippen LogP contribution < -0.4 is 11.1 Å². The van der Waals surface area contributed by atoms with E-state index >= 15 is 0 Å². The van der Waals surface area contributed by atoms with Crippen molar-refractivity contribution in [2.75, 3.05) is 38.2 Å². The number of morpholine rings is 1. The number of Topliss-reactive ketones (excluding diaryl/α,β-unsaturated/α-hetero) is 1. The first-order chi connectivity index (χ1) is 23.0. The third kappa shape index (κ3) is 8.16. The summed E-state index contributed by atoms with van der Waals surface area (Å²) < 4.78 is 5.40. The number of tetrazole rings is 1. The first kappa shape index (κ1) is 32.2. The molecule has 11 heteroatoms. The molecule has 1 saturated carbocycles. The van der Waals surface area contributed by atoms with E-state index in [-0.39, 0.29) is 29.9 Å². The van der Waals surface area contributed by atoms with Gasteiger partial charge in [-0.3, -0.25) is 14.4 Å². The SMILES string of the molecule is NCC1CCC(C(=O)C[C@@H](Cc2cccc(-c3cccc(C(=O)N4CCOCC4)c3)c2)C(=O)Nc2ccc(-c3nn[nH]n3)cc2)CC1. The molecule has 47 heavy (non-hydrogen) atoms. The second-order valence-corrected chi connectivity index (χ2v) is 12.5. The molecule has 0 bridgehead atoms. The quantitative estimate of drug-likeness (QED) is 0.217. The van der Waals surface area contributed by atoms with Crippen LogP contribution in [0.15, 0.2) is 72.8 Å². The van der Waals surface area contributed by atoms with Crippen molar-refractivity contribution in [3.05, 3.63) is 83.9 Å². The molecule has 2 amide bonds. The van der Waals surface area contributed by atoms with Crippen LogP contribution >= 0.6 is 0 Å². The van der Waals surface area contributed by atoms with Crippen LogP contribution in [-0.2, 0) is 20.7 Å². The molecule has 0 unspecified atom stereocenters. The first-order valence-corrected chi connectivity index (χ1v) is 16.4. The Morgan fingerprint density at radius 2 is 1.64 bits per heavy atom. The summed E-state index contributed by atoms with van der Waals surface area (Å²) in [6.45, 7) is 2.91. The summed E-state index contributed by atoms with van der Waals surface area (Å²) in [6, 6.07) is 22.9. The molecule has 1 aliphatic heterocycles. The standard InChI is InChI=1S/C36H41N7O4/c37-23-24-7-9-26(10-8-24)33(44)22-31(35(45)38-32-13-11-27(12-14-32)34-39-41-42-40-34)20-25-3-1-4-28(19-25)29-5-2-6-30(21-29)36(46)43-15-17-47-18-16-43/h1-6,11-14,19,21,24,26,31H,7-10,15-18,20,22-23,37H2,(H,38,45)(H,39,40,41,42)/t24?,26?,31-/m1/s1. The molecule has 3 aromatic carbocycles. The number of ether oxygens (including phenoxy) is 1. The Labute approximate surface area is 274 Å². The maximum atomic E-state index is 13.8. The molecule has 2 aliphatic rings. The van der Waals surface area contributed by atoms with Gasteiger partial charge in [0.05, 0.1) is 13.2 Å². The number of aromatic amines is 1. The lowest BCUT2D eigenvalue weighted by molar-refractivity contribution is -0.129. The van der Waals surface area contributed by atoms with Crippen molar-refractivity contribution >= 4 is 23.3 Å². The lowest BCUT2D eigenvalue weighted by Gasteiger charge is -2.28. The van der Waals surface area contributed by atoms with E-state index in [9.17, 15) is 14.4 Å². The molecule has 2 heterocycles. The molecule has 1 saturated heterocycles. The Bertz CT molecular complexity index is 1660. The number of amides is 2. The molecular weight excluding hydrogens is 594 g/mol. The van der Waals surface area contributed by atoms with E-state index in [1.165, 1.54) is 0 Å². The molecule has 244 valence electrons. The van der Waals surface area contributed by atoms with Crippen molar-refractivity contribution in [2.24, 2.45) is 23.5 Å². The van der Waals surface area contributed by atoms with E-state index in [0.717, 1.165) is 47.9 Å².